The fourth-order valence-corrected chi connectivity index (χ4v) is 2.63. The number of rotatable bonds is 2. The van der Waals surface area contributed by atoms with E-state index in [0.717, 1.165) is 35.1 Å². The van der Waals surface area contributed by atoms with Crippen molar-refractivity contribution in [2.75, 3.05) is 13.1 Å². The molecule has 98 valence electrons. The third-order valence-corrected chi connectivity index (χ3v) is 3.73. The van der Waals surface area contributed by atoms with Gasteiger partial charge in [-0.15, -0.1) is 0 Å². The molecule has 1 fully saturated rings. The van der Waals surface area contributed by atoms with Crippen molar-refractivity contribution >= 4 is 11.6 Å². The van der Waals surface area contributed by atoms with Crippen molar-refractivity contribution in [3.05, 3.63) is 47.5 Å². The van der Waals surface area contributed by atoms with Crippen LogP contribution in [0.2, 0.25) is 5.02 Å². The van der Waals surface area contributed by atoms with E-state index in [4.69, 9.17) is 11.6 Å². The number of nitrogens with zero attached hydrogens (tertiary/aromatic N) is 2. The Bertz CT molecular complexity index is 548. The van der Waals surface area contributed by atoms with Crippen LogP contribution in [0.3, 0.4) is 0 Å². The molecule has 0 aliphatic carbocycles. The third-order valence-electron chi connectivity index (χ3n) is 3.49. The Morgan fingerprint density at radius 1 is 1.16 bits per heavy atom. The van der Waals surface area contributed by atoms with Crippen molar-refractivity contribution in [1.29, 1.82) is 0 Å². The molecule has 1 saturated heterocycles. The highest BCUT2D eigenvalue weighted by Gasteiger charge is 2.17. The average molecular weight is 274 g/mol. The van der Waals surface area contributed by atoms with Crippen molar-refractivity contribution in [3.63, 3.8) is 0 Å². The van der Waals surface area contributed by atoms with E-state index < -0.39 is 0 Å². The lowest BCUT2D eigenvalue weighted by molar-refractivity contribution is 0.446. The van der Waals surface area contributed by atoms with E-state index in [1.165, 1.54) is 12.8 Å². The Labute approximate surface area is 118 Å². The van der Waals surface area contributed by atoms with Gasteiger partial charge in [0.25, 0.3) is 0 Å². The maximum atomic E-state index is 6.00. The van der Waals surface area contributed by atoms with E-state index in [0.29, 0.717) is 5.92 Å². The molecule has 19 heavy (non-hydrogen) atoms. The maximum absolute atomic E-state index is 6.00. The zero-order valence-electron chi connectivity index (χ0n) is 10.6. The van der Waals surface area contributed by atoms with E-state index >= 15 is 0 Å². The molecule has 0 bridgehead atoms. The Balaban J connectivity index is 1.82. The summed E-state index contributed by atoms with van der Waals surface area (Å²) in [5.41, 5.74) is 2.07. The summed E-state index contributed by atoms with van der Waals surface area (Å²) in [6.45, 7) is 2.09. The van der Waals surface area contributed by atoms with Crippen LogP contribution >= 0.6 is 11.6 Å². The predicted octanol–water partition coefficient (Wildman–Crippen LogP) is 3.26. The minimum absolute atomic E-state index is 0.446. The fraction of sp³-hybridized carbons (Fsp3) is 0.333. The highest BCUT2D eigenvalue weighted by molar-refractivity contribution is 6.30. The van der Waals surface area contributed by atoms with Crippen molar-refractivity contribution in [1.82, 2.24) is 15.3 Å². The summed E-state index contributed by atoms with van der Waals surface area (Å²) in [4.78, 5) is 9.03. The van der Waals surface area contributed by atoms with Crippen LogP contribution < -0.4 is 5.32 Å². The number of aromatic nitrogens is 2. The second-order valence-corrected chi connectivity index (χ2v) is 5.32. The van der Waals surface area contributed by atoms with Gasteiger partial charge in [-0.2, -0.15) is 0 Å². The number of benzene rings is 1. The predicted molar refractivity (Wildman–Crippen MR) is 77.3 cm³/mol. The molecule has 0 saturated carbocycles. The third kappa shape index (κ3) is 2.94. The first-order chi connectivity index (χ1) is 9.33. The molecule has 1 aromatic heterocycles. The van der Waals surface area contributed by atoms with Gasteiger partial charge in [-0.3, -0.25) is 0 Å². The van der Waals surface area contributed by atoms with Crippen molar-refractivity contribution in [2.24, 2.45) is 0 Å². The van der Waals surface area contributed by atoms with E-state index in [9.17, 15) is 0 Å². The van der Waals surface area contributed by atoms with Crippen LogP contribution in [-0.4, -0.2) is 23.1 Å². The summed E-state index contributed by atoms with van der Waals surface area (Å²) in [5, 5.41) is 4.12. The molecule has 0 spiro atoms. The second kappa shape index (κ2) is 5.68. The molecule has 1 aromatic carbocycles. The molecule has 1 atom stereocenters. The van der Waals surface area contributed by atoms with Crippen LogP contribution in [0.5, 0.6) is 0 Å². The summed E-state index contributed by atoms with van der Waals surface area (Å²) < 4.78 is 0. The van der Waals surface area contributed by atoms with Crippen LogP contribution in [0, 0.1) is 0 Å². The number of nitrogens with one attached hydrogen (secondary N) is 1. The van der Waals surface area contributed by atoms with Gasteiger partial charge in [0, 0.05) is 35.4 Å². The Kier molecular flexibility index (Phi) is 3.76. The van der Waals surface area contributed by atoms with Gasteiger partial charge in [0.1, 0.15) is 5.82 Å². The van der Waals surface area contributed by atoms with Gasteiger partial charge >= 0.3 is 0 Å². The van der Waals surface area contributed by atoms with Gasteiger partial charge in [-0.1, -0.05) is 23.7 Å². The van der Waals surface area contributed by atoms with Crippen LogP contribution in [0.4, 0.5) is 0 Å². The standard InChI is InChI=1S/C15H16ClN3/c16-14-5-1-3-11(7-14)13-9-18-15(19-10-13)12-4-2-6-17-8-12/h1,3,5,7,9-10,12,17H,2,4,6,8H2. The van der Waals surface area contributed by atoms with E-state index in [-0.39, 0.29) is 0 Å². The normalized spacial score (nSPS) is 19.3. The minimum atomic E-state index is 0.446. The van der Waals surface area contributed by atoms with Crippen LogP contribution in [0.15, 0.2) is 36.7 Å². The van der Waals surface area contributed by atoms with Gasteiger partial charge in [-0.05, 0) is 37.1 Å². The lowest BCUT2D eigenvalue weighted by Crippen LogP contribution is -2.29. The summed E-state index contributed by atoms with van der Waals surface area (Å²) >= 11 is 6.00. The van der Waals surface area contributed by atoms with E-state index in [1.54, 1.807) is 0 Å². The second-order valence-electron chi connectivity index (χ2n) is 4.88. The van der Waals surface area contributed by atoms with Crippen LogP contribution in [-0.2, 0) is 0 Å². The zero-order valence-corrected chi connectivity index (χ0v) is 11.4. The molecular weight excluding hydrogens is 258 g/mol. The summed E-state index contributed by atoms with van der Waals surface area (Å²) in [5.74, 6) is 1.39. The highest BCUT2D eigenvalue weighted by atomic mass is 35.5. The molecule has 1 aliphatic rings. The van der Waals surface area contributed by atoms with Gasteiger partial charge in [-0.25, -0.2) is 9.97 Å². The Morgan fingerprint density at radius 3 is 2.68 bits per heavy atom. The van der Waals surface area contributed by atoms with Crippen LogP contribution in [0.25, 0.3) is 11.1 Å². The first-order valence-electron chi connectivity index (χ1n) is 6.61. The van der Waals surface area contributed by atoms with Gasteiger partial charge in [0.05, 0.1) is 0 Å². The monoisotopic (exact) mass is 273 g/mol. The minimum Gasteiger partial charge on any atom is -0.316 e. The number of hydrogen-bond acceptors (Lipinski definition) is 3. The summed E-state index contributed by atoms with van der Waals surface area (Å²) in [6.07, 6.45) is 6.15. The summed E-state index contributed by atoms with van der Waals surface area (Å²) in [6, 6.07) is 7.76. The molecule has 0 radical (unpaired) electrons. The van der Waals surface area contributed by atoms with Crippen LogP contribution in [0.1, 0.15) is 24.6 Å². The van der Waals surface area contributed by atoms with Crippen molar-refractivity contribution in [3.8, 4) is 11.1 Å². The van der Waals surface area contributed by atoms with E-state index in [1.807, 2.05) is 36.7 Å². The lowest BCUT2D eigenvalue weighted by Gasteiger charge is -2.21. The fourth-order valence-electron chi connectivity index (χ4n) is 2.44. The molecule has 3 nitrogen and oxygen atoms in total. The first-order valence-corrected chi connectivity index (χ1v) is 6.99. The smallest absolute Gasteiger partial charge is 0.132 e. The average Bonchev–Trinajstić information content (AvgIpc) is 2.48. The number of hydrogen-bond donors (Lipinski definition) is 1. The molecule has 3 rings (SSSR count). The molecule has 1 unspecified atom stereocenters. The zero-order chi connectivity index (χ0) is 13.1. The van der Waals surface area contributed by atoms with Crippen molar-refractivity contribution in [2.45, 2.75) is 18.8 Å². The highest BCUT2D eigenvalue weighted by Crippen LogP contribution is 2.24. The number of piperidine rings is 1. The van der Waals surface area contributed by atoms with Crippen molar-refractivity contribution < 1.29 is 0 Å². The molecule has 0 amide bonds. The maximum Gasteiger partial charge on any atom is 0.132 e. The molecule has 1 N–H and O–H groups in total. The molecular formula is C15H16ClN3. The largest absolute Gasteiger partial charge is 0.316 e. The van der Waals surface area contributed by atoms with E-state index in [2.05, 4.69) is 15.3 Å². The molecule has 4 heteroatoms. The quantitative estimate of drug-likeness (QED) is 0.913. The summed E-state index contributed by atoms with van der Waals surface area (Å²) in [7, 11) is 0. The SMILES string of the molecule is Clc1cccc(-c2cnc(C3CCCNC3)nc2)c1. The van der Waals surface area contributed by atoms with Gasteiger partial charge in [0.15, 0.2) is 0 Å². The lowest BCUT2D eigenvalue weighted by atomic mass is 9.99. The molecule has 2 aromatic rings. The first kappa shape index (κ1) is 12.6. The van der Waals surface area contributed by atoms with Gasteiger partial charge < -0.3 is 5.32 Å². The molecule has 2 heterocycles. The topological polar surface area (TPSA) is 37.8 Å². The van der Waals surface area contributed by atoms with Gasteiger partial charge in [0.2, 0.25) is 0 Å². The number of halogens is 1. The Morgan fingerprint density at radius 2 is 2.00 bits per heavy atom. The Hall–Kier alpha value is -1.45. The molecule has 1 aliphatic heterocycles.